The van der Waals surface area contributed by atoms with Crippen molar-refractivity contribution in [3.05, 3.63) is 23.3 Å². The fraction of sp³-hybridized carbons (Fsp3) is 0.769. The van der Waals surface area contributed by atoms with Gasteiger partial charge < -0.3 is 9.47 Å². The van der Waals surface area contributed by atoms with Gasteiger partial charge in [0.05, 0.1) is 24.2 Å². The number of nitrogens with zero attached hydrogens (tertiary/aromatic N) is 1. The van der Waals surface area contributed by atoms with Crippen LogP contribution in [0.25, 0.3) is 0 Å². The standard InChI is InChI=1S/C26H33NO3/c1-23-15-17(16-27)22(28)25(9-3-4-10-25)21(23)6-5-18-19(23)7-11-24(2)20(18)8-12-26(24)29-13-14-30-26/h6,15,18-20H,3-5,7-14H2,1-2H3/t18-,19+,20+,23-,24+/m1/s1. The lowest BCUT2D eigenvalue weighted by atomic mass is 9.45. The van der Waals surface area contributed by atoms with Gasteiger partial charge in [0.1, 0.15) is 6.07 Å². The summed E-state index contributed by atoms with van der Waals surface area (Å²) in [7, 11) is 0. The van der Waals surface area contributed by atoms with Gasteiger partial charge in [-0.2, -0.15) is 5.26 Å². The van der Waals surface area contributed by atoms with Crippen LogP contribution in [0.5, 0.6) is 0 Å². The van der Waals surface area contributed by atoms with Crippen molar-refractivity contribution in [2.45, 2.75) is 77.4 Å². The highest BCUT2D eigenvalue weighted by Crippen LogP contribution is 2.70. The van der Waals surface area contributed by atoms with E-state index < -0.39 is 5.41 Å². The highest BCUT2D eigenvalue weighted by Gasteiger charge is 2.68. The number of hydrogen-bond donors (Lipinski definition) is 0. The number of ketones is 1. The number of fused-ring (bicyclic) bond motifs is 7. The first kappa shape index (κ1) is 19.3. The van der Waals surface area contributed by atoms with Gasteiger partial charge in [-0.3, -0.25) is 4.79 Å². The zero-order valence-corrected chi connectivity index (χ0v) is 18.3. The number of hydrogen-bond acceptors (Lipinski definition) is 4. The number of allylic oxidation sites excluding steroid dienone is 4. The van der Waals surface area contributed by atoms with Crippen LogP contribution in [-0.4, -0.2) is 24.8 Å². The second-order valence-electron chi connectivity index (χ2n) is 11.2. The van der Waals surface area contributed by atoms with E-state index in [1.54, 1.807) is 0 Å². The van der Waals surface area contributed by atoms with Crippen molar-refractivity contribution < 1.29 is 14.3 Å². The predicted molar refractivity (Wildman–Crippen MR) is 112 cm³/mol. The lowest BCUT2D eigenvalue weighted by Gasteiger charge is -2.59. The molecule has 6 aliphatic rings. The highest BCUT2D eigenvalue weighted by molar-refractivity contribution is 6.07. The van der Waals surface area contributed by atoms with Crippen LogP contribution in [0.1, 0.15) is 71.6 Å². The Hall–Kier alpha value is -1.44. The van der Waals surface area contributed by atoms with Gasteiger partial charge in [-0.25, -0.2) is 0 Å². The van der Waals surface area contributed by atoms with E-state index >= 15 is 0 Å². The molecule has 1 saturated heterocycles. The van der Waals surface area contributed by atoms with Crippen molar-refractivity contribution in [3.63, 3.8) is 0 Å². The Bertz CT molecular complexity index is 898. The van der Waals surface area contributed by atoms with Crippen LogP contribution in [0.3, 0.4) is 0 Å². The smallest absolute Gasteiger partial charge is 0.183 e. The number of rotatable bonds is 0. The lowest BCUT2D eigenvalue weighted by molar-refractivity contribution is -0.241. The van der Waals surface area contributed by atoms with Gasteiger partial charge in [0.15, 0.2) is 11.6 Å². The third-order valence-electron chi connectivity index (χ3n) is 10.4. The maximum Gasteiger partial charge on any atom is 0.183 e. The molecule has 0 aromatic rings. The summed E-state index contributed by atoms with van der Waals surface area (Å²) in [4.78, 5) is 13.4. The molecule has 160 valence electrons. The zero-order valence-electron chi connectivity index (χ0n) is 18.3. The Balaban J connectivity index is 1.44. The molecule has 4 nitrogen and oxygen atoms in total. The van der Waals surface area contributed by atoms with Gasteiger partial charge in [0.25, 0.3) is 0 Å². The molecule has 4 fully saturated rings. The largest absolute Gasteiger partial charge is 0.347 e. The predicted octanol–water partition coefficient (Wildman–Crippen LogP) is 5.10. The van der Waals surface area contributed by atoms with Gasteiger partial charge in [-0.1, -0.05) is 44.4 Å². The average molecular weight is 408 g/mol. The van der Waals surface area contributed by atoms with Crippen molar-refractivity contribution in [1.82, 2.24) is 0 Å². The van der Waals surface area contributed by atoms with Crippen LogP contribution in [0, 0.1) is 45.3 Å². The maximum atomic E-state index is 13.4. The third kappa shape index (κ3) is 2.07. The van der Waals surface area contributed by atoms with Crippen LogP contribution in [0.4, 0.5) is 0 Å². The minimum absolute atomic E-state index is 0.0731. The summed E-state index contributed by atoms with van der Waals surface area (Å²) >= 11 is 0. The SMILES string of the molecule is C[C@]12C=C(C#N)C(=O)C3(CCCC3)C1=CC[C@@H]1[C@@H]2CC[C@@]2(C)[C@H]1CCC21OCCO1. The van der Waals surface area contributed by atoms with E-state index in [-0.39, 0.29) is 22.4 Å². The molecular formula is C26H33NO3. The van der Waals surface area contributed by atoms with Gasteiger partial charge in [-0.05, 0) is 56.3 Å². The van der Waals surface area contributed by atoms with Crippen LogP contribution in [0.15, 0.2) is 23.3 Å². The monoisotopic (exact) mass is 407 g/mol. The van der Waals surface area contributed by atoms with Crippen LogP contribution < -0.4 is 0 Å². The van der Waals surface area contributed by atoms with Gasteiger partial charge in [0.2, 0.25) is 0 Å². The molecule has 1 heterocycles. The zero-order chi connectivity index (χ0) is 20.8. The van der Waals surface area contributed by atoms with Crippen molar-refractivity contribution in [3.8, 4) is 6.07 Å². The minimum Gasteiger partial charge on any atom is -0.347 e. The molecule has 5 aliphatic carbocycles. The summed E-state index contributed by atoms with van der Waals surface area (Å²) in [6, 6.07) is 2.30. The molecule has 6 rings (SSSR count). The molecule has 5 atom stereocenters. The molecule has 0 aromatic heterocycles. The summed E-state index contributed by atoms with van der Waals surface area (Å²) < 4.78 is 12.5. The van der Waals surface area contributed by atoms with E-state index in [4.69, 9.17) is 9.47 Å². The van der Waals surface area contributed by atoms with Crippen LogP contribution in [0.2, 0.25) is 0 Å². The van der Waals surface area contributed by atoms with E-state index in [1.807, 2.05) is 0 Å². The van der Waals surface area contributed by atoms with Crippen molar-refractivity contribution >= 4 is 5.78 Å². The van der Waals surface area contributed by atoms with Crippen LogP contribution >= 0.6 is 0 Å². The molecular weight excluding hydrogens is 374 g/mol. The van der Waals surface area contributed by atoms with E-state index in [0.717, 1.165) is 71.0 Å². The van der Waals surface area contributed by atoms with E-state index in [9.17, 15) is 10.1 Å². The minimum atomic E-state index is -0.394. The summed E-state index contributed by atoms with van der Waals surface area (Å²) in [5.74, 6) is 1.39. The average Bonchev–Trinajstić information content (AvgIpc) is 3.47. The topological polar surface area (TPSA) is 59.3 Å². The second kappa shape index (κ2) is 6.08. The molecule has 0 aromatic carbocycles. The van der Waals surface area contributed by atoms with E-state index in [1.165, 1.54) is 5.57 Å². The van der Waals surface area contributed by atoms with Crippen LogP contribution in [-0.2, 0) is 14.3 Å². The molecule has 0 N–H and O–H groups in total. The number of nitriles is 1. The Labute approximate surface area is 179 Å². The van der Waals surface area contributed by atoms with E-state index in [0.29, 0.717) is 23.3 Å². The quantitative estimate of drug-likeness (QED) is 0.524. The van der Waals surface area contributed by atoms with Gasteiger partial charge in [0, 0.05) is 17.3 Å². The Morgan fingerprint density at radius 2 is 1.73 bits per heavy atom. The Morgan fingerprint density at radius 1 is 1.03 bits per heavy atom. The van der Waals surface area contributed by atoms with Crippen molar-refractivity contribution in [1.29, 1.82) is 5.26 Å². The number of ether oxygens (including phenoxy) is 2. The fourth-order valence-electron chi connectivity index (χ4n) is 9.12. The molecule has 30 heavy (non-hydrogen) atoms. The first-order chi connectivity index (χ1) is 14.4. The first-order valence-electron chi connectivity index (χ1n) is 12.1. The number of carbonyl (C=O) groups is 1. The molecule has 0 amide bonds. The normalized spacial score (nSPS) is 45.5. The summed E-state index contributed by atoms with van der Waals surface area (Å²) in [5, 5.41) is 9.84. The Morgan fingerprint density at radius 3 is 2.43 bits per heavy atom. The molecule has 3 saturated carbocycles. The fourth-order valence-corrected chi connectivity index (χ4v) is 9.12. The first-order valence-corrected chi connectivity index (χ1v) is 12.1. The summed E-state index contributed by atoms with van der Waals surface area (Å²) in [5.41, 5.74) is 1.30. The van der Waals surface area contributed by atoms with Crippen molar-refractivity contribution in [2.24, 2.45) is 34.0 Å². The Kier molecular flexibility index (Phi) is 3.90. The van der Waals surface area contributed by atoms with Crippen molar-refractivity contribution in [2.75, 3.05) is 13.2 Å². The second-order valence-corrected chi connectivity index (χ2v) is 11.2. The molecule has 1 aliphatic heterocycles. The maximum absolute atomic E-state index is 13.4. The highest BCUT2D eigenvalue weighted by atomic mass is 16.7. The molecule has 2 spiro atoms. The number of carbonyl (C=O) groups excluding carboxylic acids is 1. The molecule has 4 heteroatoms. The molecule has 0 radical (unpaired) electrons. The summed E-state index contributed by atoms with van der Waals surface area (Å²) in [6.07, 6.45) is 14.1. The molecule has 0 bridgehead atoms. The number of Topliss-reactive ketones (excluding diaryl/α,β-unsaturated/α-hetero) is 1. The van der Waals surface area contributed by atoms with Gasteiger partial charge >= 0.3 is 0 Å². The lowest BCUT2D eigenvalue weighted by Crippen LogP contribution is -2.56. The molecule has 0 unspecified atom stereocenters. The van der Waals surface area contributed by atoms with Gasteiger partial charge in [-0.15, -0.1) is 0 Å². The third-order valence-corrected chi connectivity index (χ3v) is 10.4. The summed E-state index contributed by atoms with van der Waals surface area (Å²) in [6.45, 7) is 6.19. The van der Waals surface area contributed by atoms with E-state index in [2.05, 4.69) is 32.1 Å².